The molecule has 1 aliphatic heterocycles. The molecule has 8 heteroatoms. The molecule has 2 aromatic rings. The van der Waals surface area contributed by atoms with E-state index in [1.54, 1.807) is 6.20 Å². The number of likely N-dealkylation sites (tertiary alicyclic amines) is 1. The molecular weight excluding hydrogens is 372 g/mol. The molecule has 0 spiro atoms. The van der Waals surface area contributed by atoms with Crippen molar-refractivity contribution in [3.8, 4) is 5.69 Å². The summed E-state index contributed by atoms with van der Waals surface area (Å²) in [5, 5.41) is 46.7. The van der Waals surface area contributed by atoms with E-state index >= 15 is 0 Å². The van der Waals surface area contributed by atoms with Crippen molar-refractivity contribution in [2.75, 3.05) is 31.6 Å². The lowest BCUT2D eigenvalue weighted by Gasteiger charge is -2.43. The molecular formula is C21H32N4O4. The molecule has 1 aromatic heterocycles. The van der Waals surface area contributed by atoms with Gasteiger partial charge in [-0.2, -0.15) is 5.10 Å². The van der Waals surface area contributed by atoms with Gasteiger partial charge in [0, 0.05) is 31.2 Å². The van der Waals surface area contributed by atoms with Crippen LogP contribution in [0.15, 0.2) is 42.7 Å². The van der Waals surface area contributed by atoms with Crippen LogP contribution in [-0.2, 0) is 0 Å². The first-order valence-electron chi connectivity index (χ1n) is 10.3. The van der Waals surface area contributed by atoms with Crippen LogP contribution in [0.2, 0.25) is 0 Å². The summed E-state index contributed by atoms with van der Waals surface area (Å²) in [6, 6.07) is 9.55. The first-order chi connectivity index (χ1) is 14.1. The fraction of sp³-hybridized carbons (Fsp3) is 0.571. The average molecular weight is 405 g/mol. The number of aromatic nitrogens is 2. The summed E-state index contributed by atoms with van der Waals surface area (Å²) >= 11 is 0. The zero-order valence-corrected chi connectivity index (χ0v) is 16.6. The maximum atomic E-state index is 10.0. The van der Waals surface area contributed by atoms with Gasteiger partial charge in [0.2, 0.25) is 0 Å². The highest BCUT2D eigenvalue weighted by molar-refractivity contribution is 5.48. The lowest BCUT2D eigenvalue weighted by molar-refractivity contribution is -0.145. The molecule has 1 fully saturated rings. The van der Waals surface area contributed by atoms with Crippen molar-refractivity contribution in [3.63, 3.8) is 0 Å². The molecule has 4 atom stereocenters. The molecule has 5 N–H and O–H groups in total. The van der Waals surface area contributed by atoms with Crippen molar-refractivity contribution in [2.45, 2.75) is 50.0 Å². The van der Waals surface area contributed by atoms with Crippen LogP contribution in [0.3, 0.4) is 0 Å². The summed E-state index contributed by atoms with van der Waals surface area (Å²) in [6.07, 6.45) is 4.46. The maximum absolute atomic E-state index is 10.0. The van der Waals surface area contributed by atoms with E-state index in [-0.39, 0.29) is 13.2 Å². The van der Waals surface area contributed by atoms with Crippen LogP contribution in [0.4, 0.5) is 5.69 Å². The van der Waals surface area contributed by atoms with Crippen LogP contribution in [0.5, 0.6) is 0 Å². The van der Waals surface area contributed by atoms with Crippen LogP contribution in [0, 0.1) is 0 Å². The minimum Gasteiger partial charge on any atom is -0.395 e. The van der Waals surface area contributed by atoms with E-state index in [2.05, 4.69) is 10.4 Å². The van der Waals surface area contributed by atoms with E-state index in [1.165, 1.54) is 0 Å². The smallest absolute Gasteiger partial charge is 0.109 e. The van der Waals surface area contributed by atoms with Gasteiger partial charge >= 0.3 is 0 Å². The van der Waals surface area contributed by atoms with E-state index in [0.29, 0.717) is 6.54 Å². The molecule has 8 nitrogen and oxygen atoms in total. The second-order valence-electron chi connectivity index (χ2n) is 7.63. The molecule has 29 heavy (non-hydrogen) atoms. The Bertz CT molecular complexity index is 710. The van der Waals surface area contributed by atoms with E-state index in [9.17, 15) is 20.4 Å². The molecule has 3 rings (SSSR count). The predicted molar refractivity (Wildman–Crippen MR) is 111 cm³/mol. The topological polar surface area (TPSA) is 114 Å². The Morgan fingerprint density at radius 3 is 2.45 bits per heavy atom. The van der Waals surface area contributed by atoms with Gasteiger partial charge in [0.25, 0.3) is 0 Å². The van der Waals surface area contributed by atoms with Gasteiger partial charge < -0.3 is 25.7 Å². The Morgan fingerprint density at radius 1 is 1.00 bits per heavy atom. The van der Waals surface area contributed by atoms with Crippen molar-refractivity contribution >= 4 is 5.69 Å². The third kappa shape index (κ3) is 5.77. The second-order valence-corrected chi connectivity index (χ2v) is 7.63. The summed E-state index contributed by atoms with van der Waals surface area (Å²) in [6.45, 7) is 1.63. The van der Waals surface area contributed by atoms with Crippen LogP contribution in [0.1, 0.15) is 25.7 Å². The van der Waals surface area contributed by atoms with Crippen molar-refractivity contribution in [3.05, 3.63) is 42.7 Å². The molecule has 160 valence electrons. The number of anilines is 1. The number of nitrogens with one attached hydrogen (secondary N) is 1. The van der Waals surface area contributed by atoms with E-state index in [0.717, 1.165) is 43.6 Å². The molecule has 2 heterocycles. The third-order valence-corrected chi connectivity index (χ3v) is 5.55. The van der Waals surface area contributed by atoms with Gasteiger partial charge in [0.1, 0.15) is 12.2 Å². The maximum Gasteiger partial charge on any atom is 0.109 e. The standard InChI is InChI=1S/C21H32N4O4/c26-15-18-20(28)21(29)19(27)14-24(18)12-4-2-1-3-10-22-16-6-8-17(9-7-16)25-13-5-11-23-25/h5-9,11,13,18-22,26-29H,1-4,10,12,14-15H2/t18-,19+,20-,21-/m1/s1. The first kappa shape index (κ1) is 21.7. The van der Waals surface area contributed by atoms with Gasteiger partial charge in [0.05, 0.1) is 24.4 Å². The Hall–Kier alpha value is -1.97. The molecule has 0 unspecified atom stereocenters. The molecule has 1 saturated heterocycles. The summed E-state index contributed by atoms with van der Waals surface area (Å²) < 4.78 is 1.83. The first-order valence-corrected chi connectivity index (χ1v) is 10.3. The lowest BCUT2D eigenvalue weighted by atomic mass is 9.94. The third-order valence-electron chi connectivity index (χ3n) is 5.55. The molecule has 1 aromatic carbocycles. The van der Waals surface area contributed by atoms with Gasteiger partial charge in [-0.05, 0) is 49.7 Å². The normalized spacial score (nSPS) is 25.2. The highest BCUT2D eigenvalue weighted by Gasteiger charge is 2.40. The molecule has 0 radical (unpaired) electrons. The number of aliphatic hydroxyl groups is 4. The summed E-state index contributed by atoms with van der Waals surface area (Å²) in [4.78, 5) is 1.88. The lowest BCUT2D eigenvalue weighted by Crippen LogP contribution is -2.62. The van der Waals surface area contributed by atoms with Crippen molar-refractivity contribution in [2.24, 2.45) is 0 Å². The quantitative estimate of drug-likeness (QED) is 0.369. The van der Waals surface area contributed by atoms with E-state index in [1.807, 2.05) is 46.1 Å². The largest absolute Gasteiger partial charge is 0.395 e. The fourth-order valence-electron chi connectivity index (χ4n) is 3.82. The SMILES string of the molecule is OC[C@@H]1[C@@H](O)[C@H](O)[C@@H](O)CN1CCCCCCNc1ccc(-n2cccn2)cc1. The average Bonchev–Trinajstić information content (AvgIpc) is 3.27. The Labute approximate surface area is 171 Å². The van der Waals surface area contributed by atoms with Crippen molar-refractivity contribution in [1.82, 2.24) is 14.7 Å². The summed E-state index contributed by atoms with van der Waals surface area (Å²) in [5.74, 6) is 0. The van der Waals surface area contributed by atoms with Crippen LogP contribution in [0.25, 0.3) is 5.69 Å². The molecule has 0 saturated carbocycles. The van der Waals surface area contributed by atoms with Crippen LogP contribution in [-0.4, -0.2) is 85.7 Å². The zero-order valence-electron chi connectivity index (χ0n) is 16.6. The van der Waals surface area contributed by atoms with Crippen molar-refractivity contribution in [1.29, 1.82) is 0 Å². The number of piperidine rings is 1. The number of benzene rings is 1. The second kappa shape index (κ2) is 10.7. The van der Waals surface area contributed by atoms with Crippen LogP contribution < -0.4 is 5.32 Å². The zero-order chi connectivity index (χ0) is 20.6. The molecule has 0 aliphatic carbocycles. The molecule has 1 aliphatic rings. The minimum absolute atomic E-state index is 0.228. The van der Waals surface area contributed by atoms with Gasteiger partial charge in [-0.15, -0.1) is 0 Å². The van der Waals surface area contributed by atoms with Gasteiger partial charge in [-0.1, -0.05) is 12.8 Å². The Morgan fingerprint density at radius 2 is 1.76 bits per heavy atom. The highest BCUT2D eigenvalue weighted by atomic mass is 16.4. The van der Waals surface area contributed by atoms with Crippen LogP contribution >= 0.6 is 0 Å². The number of unbranched alkanes of at least 4 members (excludes halogenated alkanes) is 3. The Kier molecular flexibility index (Phi) is 8.02. The summed E-state index contributed by atoms with van der Waals surface area (Å²) in [7, 11) is 0. The molecule has 0 bridgehead atoms. The fourth-order valence-corrected chi connectivity index (χ4v) is 3.82. The number of β-amino-alcohol motifs (C(OH)–C–C–N with tert-alkyl or cyclic N) is 1. The predicted octanol–water partition coefficient (Wildman–Crippen LogP) is 0.604. The number of rotatable bonds is 10. The van der Waals surface area contributed by atoms with E-state index < -0.39 is 24.4 Å². The van der Waals surface area contributed by atoms with E-state index in [4.69, 9.17) is 0 Å². The molecule has 0 amide bonds. The summed E-state index contributed by atoms with van der Waals surface area (Å²) in [5.41, 5.74) is 2.11. The highest BCUT2D eigenvalue weighted by Crippen LogP contribution is 2.20. The van der Waals surface area contributed by atoms with Crippen molar-refractivity contribution < 1.29 is 20.4 Å². The minimum atomic E-state index is -1.19. The number of nitrogens with zero attached hydrogens (tertiary/aromatic N) is 3. The van der Waals surface area contributed by atoms with Gasteiger partial charge in [0.15, 0.2) is 0 Å². The van der Waals surface area contributed by atoms with Gasteiger partial charge in [-0.25, -0.2) is 4.68 Å². The monoisotopic (exact) mass is 404 g/mol. The Balaban J connectivity index is 1.30. The number of aliphatic hydroxyl groups excluding tert-OH is 4. The number of hydrogen-bond acceptors (Lipinski definition) is 7. The van der Waals surface area contributed by atoms with Gasteiger partial charge in [-0.3, -0.25) is 4.90 Å². The number of hydrogen-bond donors (Lipinski definition) is 5.